The fraction of sp³-hybridized carbons (Fsp3) is 0.500. The van der Waals surface area contributed by atoms with E-state index in [-0.39, 0.29) is 9.49 Å². The Bertz CT molecular complexity index is 583. The van der Waals surface area contributed by atoms with E-state index in [9.17, 15) is 0 Å². The van der Waals surface area contributed by atoms with Crippen molar-refractivity contribution in [1.82, 2.24) is 0 Å². The summed E-state index contributed by atoms with van der Waals surface area (Å²) in [5.41, 5.74) is 7.53. The highest BCUT2D eigenvalue weighted by atomic mass is 32.2. The highest BCUT2D eigenvalue weighted by Crippen LogP contribution is 2.51. The molecule has 0 aliphatic rings. The van der Waals surface area contributed by atoms with E-state index in [1.54, 1.807) is 0 Å². The van der Waals surface area contributed by atoms with Crippen LogP contribution in [0.25, 0.3) is 0 Å². The van der Waals surface area contributed by atoms with Gasteiger partial charge in [0.25, 0.3) is 0 Å². The number of rotatable bonds is 8. The molecule has 0 aromatic heterocycles. The van der Waals surface area contributed by atoms with Crippen LogP contribution in [0.5, 0.6) is 0 Å². The van der Waals surface area contributed by atoms with Gasteiger partial charge in [0.15, 0.2) is 0 Å². The number of hydrogen-bond donors (Lipinski definition) is 0. The van der Waals surface area contributed by atoms with Crippen LogP contribution in [-0.4, -0.2) is 9.49 Å². The smallest absolute Gasteiger partial charge is 0.0556 e. The SMILES string of the molecule is C=C(C)C(C)(SC(C)(C(=C)C)/C(C)=C/C(C)=C/C)/C(C)=C/C(C)=C/C. The lowest BCUT2D eigenvalue weighted by Gasteiger charge is -2.42. The van der Waals surface area contributed by atoms with Gasteiger partial charge in [-0.25, -0.2) is 0 Å². The number of allylic oxidation sites excluding steroid dienone is 6. The van der Waals surface area contributed by atoms with Gasteiger partial charge in [-0.2, -0.15) is 0 Å². The van der Waals surface area contributed by atoms with Crippen LogP contribution in [0.1, 0.15) is 69.2 Å². The average Bonchev–Trinajstić information content (AvgIpc) is 2.53. The Labute approximate surface area is 161 Å². The maximum Gasteiger partial charge on any atom is 0.0556 e. The Kier molecular flexibility index (Phi) is 9.02. The summed E-state index contributed by atoms with van der Waals surface area (Å²) in [5, 5.41) is 0. The highest BCUT2D eigenvalue weighted by molar-refractivity contribution is 8.02. The molecule has 2 unspecified atom stereocenters. The molecule has 140 valence electrons. The van der Waals surface area contributed by atoms with Crippen LogP contribution in [-0.2, 0) is 0 Å². The van der Waals surface area contributed by atoms with Gasteiger partial charge in [-0.3, -0.25) is 0 Å². The Morgan fingerprint density at radius 1 is 0.680 bits per heavy atom. The van der Waals surface area contributed by atoms with Gasteiger partial charge >= 0.3 is 0 Å². The monoisotopic (exact) mass is 358 g/mol. The molecule has 0 saturated heterocycles. The van der Waals surface area contributed by atoms with Crippen molar-refractivity contribution in [1.29, 1.82) is 0 Å². The molecule has 0 rings (SSSR count). The third kappa shape index (κ3) is 5.92. The van der Waals surface area contributed by atoms with Gasteiger partial charge in [0.2, 0.25) is 0 Å². The van der Waals surface area contributed by atoms with Crippen molar-refractivity contribution in [2.75, 3.05) is 0 Å². The van der Waals surface area contributed by atoms with Crippen LogP contribution in [0, 0.1) is 0 Å². The molecule has 0 heterocycles. The summed E-state index contributed by atoms with van der Waals surface area (Å²) in [4.78, 5) is 0. The molecule has 0 bridgehead atoms. The molecule has 1 heteroatoms. The van der Waals surface area contributed by atoms with Crippen molar-refractivity contribution in [2.45, 2.75) is 78.7 Å². The fourth-order valence-corrected chi connectivity index (χ4v) is 4.15. The molecular formula is C24H38S. The van der Waals surface area contributed by atoms with Gasteiger partial charge in [-0.05, 0) is 69.2 Å². The Hall–Kier alpha value is -1.21. The van der Waals surface area contributed by atoms with Crippen LogP contribution in [0.2, 0.25) is 0 Å². The van der Waals surface area contributed by atoms with E-state index >= 15 is 0 Å². The van der Waals surface area contributed by atoms with Crippen molar-refractivity contribution >= 4 is 11.8 Å². The maximum atomic E-state index is 4.32. The predicted molar refractivity (Wildman–Crippen MR) is 120 cm³/mol. The van der Waals surface area contributed by atoms with Crippen LogP contribution in [0.15, 0.2) is 70.9 Å². The van der Waals surface area contributed by atoms with Crippen LogP contribution < -0.4 is 0 Å². The van der Waals surface area contributed by atoms with Crippen molar-refractivity contribution in [3.63, 3.8) is 0 Å². The van der Waals surface area contributed by atoms with Crippen molar-refractivity contribution in [3.05, 3.63) is 70.9 Å². The Balaban J connectivity index is 6.26. The summed E-state index contributed by atoms with van der Waals surface area (Å²) in [5.74, 6) is 0. The van der Waals surface area contributed by atoms with E-state index in [4.69, 9.17) is 0 Å². The summed E-state index contributed by atoms with van der Waals surface area (Å²) in [6.07, 6.45) is 8.84. The number of thioether (sulfide) groups is 1. The molecule has 0 aromatic rings. The number of hydrogen-bond acceptors (Lipinski definition) is 1. The summed E-state index contributed by atoms with van der Waals surface area (Å²) < 4.78 is -0.312. The second-order valence-corrected chi connectivity index (χ2v) is 9.29. The largest absolute Gasteiger partial charge is 0.131 e. The van der Waals surface area contributed by atoms with Gasteiger partial charge in [-0.15, -0.1) is 11.8 Å². The normalized spacial score (nSPS) is 19.3. The van der Waals surface area contributed by atoms with E-state index in [2.05, 4.69) is 107 Å². The molecule has 0 radical (unpaired) electrons. The van der Waals surface area contributed by atoms with Crippen LogP contribution in [0.4, 0.5) is 0 Å². The minimum absolute atomic E-state index is 0.156. The minimum Gasteiger partial charge on any atom is -0.131 e. The minimum atomic E-state index is -0.156. The first-order valence-electron chi connectivity index (χ1n) is 9.00. The third-order valence-electron chi connectivity index (χ3n) is 5.34. The Morgan fingerprint density at radius 3 is 1.16 bits per heavy atom. The predicted octanol–water partition coefficient (Wildman–Crippen LogP) is 8.21. The van der Waals surface area contributed by atoms with Crippen molar-refractivity contribution in [2.24, 2.45) is 0 Å². The van der Waals surface area contributed by atoms with Crippen LogP contribution in [0.3, 0.4) is 0 Å². The van der Waals surface area contributed by atoms with Gasteiger partial charge in [0.05, 0.1) is 9.49 Å². The molecule has 0 N–H and O–H groups in total. The second-order valence-electron chi connectivity index (χ2n) is 7.45. The summed E-state index contributed by atoms with van der Waals surface area (Å²) in [7, 11) is 0. The molecule has 0 saturated carbocycles. The average molecular weight is 359 g/mol. The standard InChI is InChI=1S/C24H38S/c1-13-19(7)15-21(9)23(11,17(3)4)25-24(12,18(5)6)22(10)16-20(8)14-2/h13-16H,3,5H2,1-2,4,6-12H3/b19-13+,20-14+,21-15+,22-16+. The highest BCUT2D eigenvalue weighted by Gasteiger charge is 2.39. The summed E-state index contributed by atoms with van der Waals surface area (Å²) in [6, 6.07) is 0. The van der Waals surface area contributed by atoms with Gasteiger partial charge in [0, 0.05) is 0 Å². The summed E-state index contributed by atoms with van der Waals surface area (Å²) >= 11 is 1.94. The lowest BCUT2D eigenvalue weighted by molar-refractivity contribution is 0.804. The first-order valence-corrected chi connectivity index (χ1v) is 9.82. The van der Waals surface area contributed by atoms with Crippen molar-refractivity contribution < 1.29 is 0 Å². The van der Waals surface area contributed by atoms with Crippen LogP contribution >= 0.6 is 11.8 Å². The van der Waals surface area contributed by atoms with E-state index in [0.717, 1.165) is 11.1 Å². The molecule has 0 amide bonds. The third-order valence-corrected chi connectivity index (χ3v) is 7.50. The lowest BCUT2D eigenvalue weighted by Crippen LogP contribution is -2.34. The maximum absolute atomic E-state index is 4.32. The van der Waals surface area contributed by atoms with Gasteiger partial charge in [0.1, 0.15) is 0 Å². The molecule has 0 fully saturated rings. The second kappa shape index (κ2) is 9.48. The van der Waals surface area contributed by atoms with Gasteiger partial charge < -0.3 is 0 Å². The molecule has 0 aliphatic carbocycles. The first-order chi connectivity index (χ1) is 11.3. The first kappa shape index (κ1) is 23.8. The fourth-order valence-electron chi connectivity index (χ4n) is 2.54. The molecule has 0 nitrogen and oxygen atoms in total. The zero-order valence-corrected chi connectivity index (χ0v) is 18.9. The van der Waals surface area contributed by atoms with Crippen molar-refractivity contribution in [3.8, 4) is 0 Å². The lowest BCUT2D eigenvalue weighted by atomic mass is 9.92. The molecular weight excluding hydrogens is 320 g/mol. The summed E-state index contributed by atoms with van der Waals surface area (Å²) in [6.45, 7) is 30.3. The van der Waals surface area contributed by atoms with E-state index in [1.165, 1.54) is 22.3 Å². The van der Waals surface area contributed by atoms with Gasteiger partial charge in [-0.1, -0.05) is 70.9 Å². The van der Waals surface area contributed by atoms with E-state index in [0.29, 0.717) is 0 Å². The van der Waals surface area contributed by atoms with E-state index in [1.807, 2.05) is 11.8 Å². The molecule has 0 aromatic carbocycles. The quantitative estimate of drug-likeness (QED) is 0.311. The molecule has 2 atom stereocenters. The molecule has 0 aliphatic heterocycles. The zero-order valence-electron chi connectivity index (χ0n) is 18.1. The molecule has 0 spiro atoms. The zero-order chi connectivity index (χ0) is 20.0. The Morgan fingerprint density at radius 2 is 0.960 bits per heavy atom. The molecule has 25 heavy (non-hydrogen) atoms. The van der Waals surface area contributed by atoms with E-state index < -0.39 is 0 Å². The topological polar surface area (TPSA) is 0 Å².